The van der Waals surface area contributed by atoms with Crippen LogP contribution in [0.3, 0.4) is 0 Å². The topological polar surface area (TPSA) is 32.8 Å². The largest absolute Gasteiger partial charge is 0.497 e. The molecule has 0 unspecified atom stereocenters. The van der Waals surface area contributed by atoms with Gasteiger partial charge in [-0.3, -0.25) is 9.69 Å². The number of benzene rings is 2. The van der Waals surface area contributed by atoms with E-state index in [0.717, 1.165) is 57.6 Å². The summed E-state index contributed by atoms with van der Waals surface area (Å²) < 4.78 is 5.38. The van der Waals surface area contributed by atoms with Crippen LogP contribution in [0.4, 0.5) is 5.69 Å². The van der Waals surface area contributed by atoms with Crippen LogP contribution in [-0.2, 0) is 16.8 Å². The molecule has 0 aromatic heterocycles. The second kappa shape index (κ2) is 7.73. The summed E-state index contributed by atoms with van der Waals surface area (Å²) in [5.74, 6) is 1.54. The normalized spacial score (nSPS) is 20.8. The SMILES string of the molecule is COc1cccc(CN2CCC3(CC2)CN(C(=O)C2CCC2)c2ccc(C)cc23)c1. The predicted octanol–water partition coefficient (Wildman–Crippen LogP) is 4.68. The van der Waals surface area contributed by atoms with Gasteiger partial charge in [0.05, 0.1) is 7.11 Å². The van der Waals surface area contributed by atoms with E-state index in [1.165, 1.54) is 28.8 Å². The first kappa shape index (κ1) is 19.6. The molecule has 4 nitrogen and oxygen atoms in total. The Morgan fingerprint density at radius 2 is 1.93 bits per heavy atom. The van der Waals surface area contributed by atoms with Crippen LogP contribution in [0, 0.1) is 12.8 Å². The zero-order valence-corrected chi connectivity index (χ0v) is 18.2. The summed E-state index contributed by atoms with van der Waals surface area (Å²) in [4.78, 5) is 17.9. The molecule has 2 aliphatic heterocycles. The van der Waals surface area contributed by atoms with E-state index in [4.69, 9.17) is 4.74 Å². The van der Waals surface area contributed by atoms with Gasteiger partial charge in [-0.25, -0.2) is 0 Å². The van der Waals surface area contributed by atoms with Crippen LogP contribution >= 0.6 is 0 Å². The molecule has 2 heterocycles. The molecule has 1 aliphatic carbocycles. The molecule has 0 radical (unpaired) electrons. The number of anilines is 1. The van der Waals surface area contributed by atoms with Crippen LogP contribution in [0.15, 0.2) is 42.5 Å². The lowest BCUT2D eigenvalue weighted by atomic mass is 9.74. The molecular formula is C26H32N2O2. The van der Waals surface area contributed by atoms with Crippen LogP contribution < -0.4 is 9.64 Å². The van der Waals surface area contributed by atoms with Crippen molar-refractivity contribution in [3.63, 3.8) is 0 Å². The predicted molar refractivity (Wildman–Crippen MR) is 120 cm³/mol. The van der Waals surface area contributed by atoms with Gasteiger partial charge < -0.3 is 9.64 Å². The first-order valence-electron chi connectivity index (χ1n) is 11.4. The Kier molecular flexibility index (Phi) is 5.06. The molecule has 0 atom stereocenters. The Morgan fingerprint density at radius 3 is 2.63 bits per heavy atom. The molecular weight excluding hydrogens is 372 g/mol. The lowest BCUT2D eigenvalue weighted by Crippen LogP contribution is -2.47. The number of nitrogens with zero attached hydrogens (tertiary/aromatic N) is 2. The van der Waals surface area contributed by atoms with Gasteiger partial charge in [0.25, 0.3) is 0 Å². The molecule has 1 spiro atoms. The van der Waals surface area contributed by atoms with E-state index in [2.05, 4.69) is 53.1 Å². The van der Waals surface area contributed by atoms with E-state index >= 15 is 0 Å². The van der Waals surface area contributed by atoms with Crippen LogP contribution in [0.5, 0.6) is 5.75 Å². The summed E-state index contributed by atoms with van der Waals surface area (Å²) in [5.41, 5.74) is 5.31. The second-order valence-electron chi connectivity index (χ2n) is 9.48. The zero-order chi connectivity index (χ0) is 20.7. The van der Waals surface area contributed by atoms with Crippen molar-refractivity contribution in [2.75, 3.05) is 31.6 Å². The van der Waals surface area contributed by atoms with Crippen LogP contribution in [-0.4, -0.2) is 37.6 Å². The average Bonchev–Trinajstić information content (AvgIpc) is 3.02. The number of ether oxygens (including phenoxy) is 1. The standard InChI is InChI=1S/C26H32N2O2/c1-19-9-10-24-23(15-19)26(18-28(24)25(29)21-6-4-7-21)11-13-27(14-12-26)17-20-5-3-8-22(16-20)30-2/h3,5,8-10,15-16,21H,4,6-7,11-14,17-18H2,1-2H3. The molecule has 5 rings (SSSR count). The van der Waals surface area contributed by atoms with Crippen molar-refractivity contribution in [1.29, 1.82) is 0 Å². The summed E-state index contributed by atoms with van der Waals surface area (Å²) in [6, 6.07) is 15.1. The summed E-state index contributed by atoms with van der Waals surface area (Å²) in [6.45, 7) is 6.13. The van der Waals surface area contributed by atoms with Gasteiger partial charge in [-0.1, -0.05) is 36.2 Å². The number of likely N-dealkylation sites (tertiary alicyclic amines) is 1. The van der Waals surface area contributed by atoms with Gasteiger partial charge in [-0.2, -0.15) is 0 Å². The minimum Gasteiger partial charge on any atom is -0.497 e. The lowest BCUT2D eigenvalue weighted by Gasteiger charge is -2.40. The van der Waals surface area contributed by atoms with E-state index in [0.29, 0.717) is 5.91 Å². The molecule has 1 amide bonds. The van der Waals surface area contributed by atoms with Gasteiger partial charge in [-0.15, -0.1) is 0 Å². The fourth-order valence-electron chi connectivity index (χ4n) is 5.45. The fourth-order valence-corrected chi connectivity index (χ4v) is 5.45. The Balaban J connectivity index is 1.34. The number of aryl methyl sites for hydroxylation is 1. The number of piperidine rings is 1. The maximum atomic E-state index is 13.2. The zero-order valence-electron chi connectivity index (χ0n) is 18.2. The van der Waals surface area contributed by atoms with Crippen LogP contribution in [0.2, 0.25) is 0 Å². The second-order valence-corrected chi connectivity index (χ2v) is 9.48. The number of hydrogen-bond acceptors (Lipinski definition) is 3. The number of hydrogen-bond donors (Lipinski definition) is 0. The molecule has 2 fully saturated rings. The van der Waals surface area contributed by atoms with Crippen molar-refractivity contribution in [3.05, 3.63) is 59.2 Å². The van der Waals surface area contributed by atoms with Crippen LogP contribution in [0.1, 0.15) is 48.8 Å². The van der Waals surface area contributed by atoms with E-state index < -0.39 is 0 Å². The highest BCUT2D eigenvalue weighted by atomic mass is 16.5. The quantitative estimate of drug-likeness (QED) is 0.741. The number of amides is 1. The van der Waals surface area contributed by atoms with Crippen molar-refractivity contribution in [1.82, 2.24) is 4.90 Å². The van der Waals surface area contributed by atoms with E-state index in [1.807, 2.05) is 6.07 Å². The third kappa shape index (κ3) is 3.41. The van der Waals surface area contributed by atoms with E-state index in [1.54, 1.807) is 7.11 Å². The number of carbonyl (C=O) groups is 1. The summed E-state index contributed by atoms with van der Waals surface area (Å²) in [7, 11) is 1.72. The molecule has 3 aliphatic rings. The third-order valence-electron chi connectivity index (χ3n) is 7.55. The molecule has 1 saturated heterocycles. The number of rotatable bonds is 4. The monoisotopic (exact) mass is 404 g/mol. The van der Waals surface area contributed by atoms with Crippen molar-refractivity contribution in [2.45, 2.75) is 51.0 Å². The maximum Gasteiger partial charge on any atom is 0.230 e. The molecule has 0 bridgehead atoms. The van der Waals surface area contributed by atoms with Crippen LogP contribution in [0.25, 0.3) is 0 Å². The smallest absolute Gasteiger partial charge is 0.230 e. The van der Waals surface area contributed by atoms with Gasteiger partial charge in [0.2, 0.25) is 5.91 Å². The molecule has 0 N–H and O–H groups in total. The molecule has 1 saturated carbocycles. The number of methoxy groups -OCH3 is 1. The number of carbonyl (C=O) groups excluding carboxylic acids is 1. The fraction of sp³-hybridized carbons (Fsp3) is 0.500. The first-order valence-corrected chi connectivity index (χ1v) is 11.4. The molecule has 4 heteroatoms. The minimum absolute atomic E-state index is 0.117. The first-order chi connectivity index (χ1) is 14.6. The van der Waals surface area contributed by atoms with Crippen molar-refractivity contribution < 1.29 is 9.53 Å². The minimum atomic E-state index is 0.117. The van der Waals surface area contributed by atoms with Gasteiger partial charge in [0.1, 0.15) is 5.75 Å². The molecule has 2 aromatic carbocycles. The lowest BCUT2D eigenvalue weighted by molar-refractivity contribution is -0.124. The Hall–Kier alpha value is -2.33. The van der Waals surface area contributed by atoms with Gasteiger partial charge >= 0.3 is 0 Å². The highest BCUT2D eigenvalue weighted by Crippen LogP contribution is 2.48. The average molecular weight is 405 g/mol. The molecule has 158 valence electrons. The molecule has 2 aromatic rings. The maximum absolute atomic E-state index is 13.2. The van der Waals surface area contributed by atoms with Gasteiger partial charge in [-0.05, 0) is 75.0 Å². The third-order valence-corrected chi connectivity index (χ3v) is 7.55. The van der Waals surface area contributed by atoms with E-state index in [-0.39, 0.29) is 11.3 Å². The van der Waals surface area contributed by atoms with Gasteiger partial charge in [0.15, 0.2) is 0 Å². The van der Waals surface area contributed by atoms with Crippen molar-refractivity contribution in [2.24, 2.45) is 5.92 Å². The molecule has 30 heavy (non-hydrogen) atoms. The highest BCUT2D eigenvalue weighted by Gasteiger charge is 2.47. The van der Waals surface area contributed by atoms with E-state index in [9.17, 15) is 4.79 Å². The number of fused-ring (bicyclic) bond motifs is 2. The highest BCUT2D eigenvalue weighted by molar-refractivity contribution is 5.98. The van der Waals surface area contributed by atoms with Crippen molar-refractivity contribution in [3.8, 4) is 5.75 Å². The summed E-state index contributed by atoms with van der Waals surface area (Å²) in [6.07, 6.45) is 5.56. The summed E-state index contributed by atoms with van der Waals surface area (Å²) in [5, 5.41) is 0. The summed E-state index contributed by atoms with van der Waals surface area (Å²) >= 11 is 0. The van der Waals surface area contributed by atoms with Crippen molar-refractivity contribution >= 4 is 11.6 Å². The Labute approximate surface area is 179 Å². The van der Waals surface area contributed by atoms with Gasteiger partial charge in [0, 0.05) is 30.1 Å². The Bertz CT molecular complexity index is 942. The Morgan fingerprint density at radius 1 is 1.13 bits per heavy atom.